The van der Waals surface area contributed by atoms with Crippen molar-refractivity contribution in [3.8, 4) is 0 Å². The summed E-state index contributed by atoms with van der Waals surface area (Å²) in [4.78, 5) is 38.0. The quantitative estimate of drug-likeness (QED) is 0.0263. The normalized spacial score (nSPS) is 12.5. The number of allylic oxidation sites excluding steroid dienone is 10. The molecular weight excluding hydrogens is 757 g/mol. The Labute approximate surface area is 377 Å². The van der Waals surface area contributed by atoms with Gasteiger partial charge in [0.15, 0.2) is 6.10 Å². The van der Waals surface area contributed by atoms with Gasteiger partial charge in [-0.3, -0.25) is 14.4 Å². The zero-order valence-corrected chi connectivity index (χ0v) is 40.2. The van der Waals surface area contributed by atoms with Gasteiger partial charge in [0.25, 0.3) is 0 Å². The largest absolute Gasteiger partial charge is 0.462 e. The highest BCUT2D eigenvalue weighted by Crippen LogP contribution is 2.14. The fourth-order valence-electron chi connectivity index (χ4n) is 7.09. The highest BCUT2D eigenvalue weighted by Gasteiger charge is 2.19. The molecule has 0 unspecified atom stereocenters. The Morgan fingerprint density at radius 2 is 0.639 bits per heavy atom. The number of hydrogen-bond acceptors (Lipinski definition) is 6. The minimum absolute atomic E-state index is 0.0872. The minimum Gasteiger partial charge on any atom is -0.462 e. The van der Waals surface area contributed by atoms with Crippen LogP contribution in [0.3, 0.4) is 0 Å². The van der Waals surface area contributed by atoms with Gasteiger partial charge in [-0.2, -0.15) is 0 Å². The van der Waals surface area contributed by atoms with Crippen LogP contribution < -0.4 is 0 Å². The number of esters is 3. The third-order valence-electron chi connectivity index (χ3n) is 11.0. The van der Waals surface area contributed by atoms with E-state index >= 15 is 0 Å². The third-order valence-corrected chi connectivity index (χ3v) is 11.0. The van der Waals surface area contributed by atoms with Crippen molar-refractivity contribution in [2.24, 2.45) is 0 Å². The van der Waals surface area contributed by atoms with E-state index in [-0.39, 0.29) is 31.1 Å². The molecule has 6 nitrogen and oxygen atoms in total. The predicted molar refractivity (Wildman–Crippen MR) is 261 cm³/mol. The molecule has 0 heterocycles. The van der Waals surface area contributed by atoms with E-state index in [0.29, 0.717) is 19.3 Å². The number of carbonyl (C=O) groups excluding carboxylic acids is 3. The van der Waals surface area contributed by atoms with Crippen LogP contribution in [-0.2, 0) is 28.6 Å². The van der Waals surface area contributed by atoms with Gasteiger partial charge in [-0.15, -0.1) is 0 Å². The molecular formula is C55H96O6. The number of unbranched alkanes of at least 4 members (excludes halogenated alkanes) is 25. The Kier molecular flexibility index (Phi) is 47.4. The molecule has 0 saturated heterocycles. The van der Waals surface area contributed by atoms with Crippen LogP contribution >= 0.6 is 0 Å². The van der Waals surface area contributed by atoms with Gasteiger partial charge in [-0.05, 0) is 103 Å². The molecule has 0 amide bonds. The number of ether oxygens (including phenoxy) is 3. The fraction of sp³-hybridized carbons (Fsp3) is 0.764. The van der Waals surface area contributed by atoms with Gasteiger partial charge in [0.1, 0.15) is 13.2 Å². The molecule has 61 heavy (non-hydrogen) atoms. The monoisotopic (exact) mass is 853 g/mol. The molecule has 0 aromatic heterocycles. The third kappa shape index (κ3) is 48.0. The van der Waals surface area contributed by atoms with Crippen LogP contribution in [0.4, 0.5) is 0 Å². The molecule has 0 radical (unpaired) electrons. The minimum atomic E-state index is -0.787. The summed E-state index contributed by atoms with van der Waals surface area (Å²) >= 11 is 0. The molecule has 0 aliphatic carbocycles. The SMILES string of the molecule is CC/C=C/C/C=C/C/C=C/CCCCCCCC(=O)OC[C@@H](COC(=O)CCCCCCC/C=C/CCCCCCC)OC(=O)CCCCCCC/C=C/CCCCCCC. The van der Waals surface area contributed by atoms with Crippen molar-refractivity contribution in [3.63, 3.8) is 0 Å². The Morgan fingerprint density at radius 1 is 0.344 bits per heavy atom. The standard InChI is InChI=1S/C55H96O6/c1-4-7-10-13-16-19-22-25-28-31-33-36-39-42-45-48-54(57)60-51-52(61-55(58)49-46-43-40-37-34-30-27-24-21-18-15-12-9-6-3)50-59-53(56)47-44-41-38-35-32-29-26-23-20-17-14-11-8-5-2/h7,10,16,19,23-28,52H,4-6,8-9,11-15,17-18,20-22,29-51H2,1-3H3/b10-7+,19-16+,26-23+,27-24+,28-25+/t52-/m1/s1. The molecule has 352 valence electrons. The van der Waals surface area contributed by atoms with Crippen LogP contribution in [0.5, 0.6) is 0 Å². The average molecular weight is 853 g/mol. The van der Waals surface area contributed by atoms with Gasteiger partial charge in [-0.25, -0.2) is 0 Å². The molecule has 0 bridgehead atoms. The summed E-state index contributed by atoms with van der Waals surface area (Å²) in [5, 5.41) is 0. The maximum Gasteiger partial charge on any atom is 0.306 e. The molecule has 0 aliphatic heterocycles. The summed E-state index contributed by atoms with van der Waals surface area (Å²) in [5.41, 5.74) is 0. The Morgan fingerprint density at radius 3 is 1.02 bits per heavy atom. The molecule has 0 saturated carbocycles. The average Bonchev–Trinajstić information content (AvgIpc) is 3.26. The number of rotatable bonds is 46. The Balaban J connectivity index is 4.43. The van der Waals surface area contributed by atoms with Gasteiger partial charge in [-0.1, -0.05) is 191 Å². The summed E-state index contributed by atoms with van der Waals surface area (Å²) in [6, 6.07) is 0. The van der Waals surface area contributed by atoms with Gasteiger partial charge in [0.2, 0.25) is 0 Å². The molecule has 0 aromatic rings. The van der Waals surface area contributed by atoms with Crippen molar-refractivity contribution in [1.29, 1.82) is 0 Å². The van der Waals surface area contributed by atoms with Crippen LogP contribution in [0.2, 0.25) is 0 Å². The maximum absolute atomic E-state index is 12.8. The van der Waals surface area contributed by atoms with Crippen molar-refractivity contribution >= 4 is 17.9 Å². The lowest BCUT2D eigenvalue weighted by Crippen LogP contribution is -2.30. The zero-order valence-electron chi connectivity index (χ0n) is 40.2. The summed E-state index contributed by atoms with van der Waals surface area (Å²) < 4.78 is 16.8. The second-order valence-corrected chi connectivity index (χ2v) is 17.0. The summed E-state index contributed by atoms with van der Waals surface area (Å²) in [7, 11) is 0. The second-order valence-electron chi connectivity index (χ2n) is 17.0. The molecule has 6 heteroatoms. The summed E-state index contributed by atoms with van der Waals surface area (Å²) in [6.07, 6.45) is 60.5. The Bertz CT molecular complexity index is 1120. The molecule has 0 rings (SSSR count). The molecule has 0 aliphatic rings. The van der Waals surface area contributed by atoms with Crippen molar-refractivity contribution in [2.45, 2.75) is 258 Å². The summed E-state index contributed by atoms with van der Waals surface area (Å²) in [6.45, 7) is 6.48. The van der Waals surface area contributed by atoms with Gasteiger partial charge >= 0.3 is 17.9 Å². The number of hydrogen-bond donors (Lipinski definition) is 0. The van der Waals surface area contributed by atoms with Gasteiger partial charge in [0, 0.05) is 19.3 Å². The van der Waals surface area contributed by atoms with Crippen molar-refractivity contribution in [2.75, 3.05) is 13.2 Å². The van der Waals surface area contributed by atoms with Crippen molar-refractivity contribution in [1.82, 2.24) is 0 Å². The maximum atomic E-state index is 12.8. The topological polar surface area (TPSA) is 78.9 Å². The van der Waals surface area contributed by atoms with Crippen LogP contribution in [-0.4, -0.2) is 37.2 Å². The zero-order chi connectivity index (χ0) is 44.4. The summed E-state index contributed by atoms with van der Waals surface area (Å²) in [5.74, 6) is -0.918. The van der Waals surface area contributed by atoms with E-state index in [2.05, 4.69) is 81.5 Å². The van der Waals surface area contributed by atoms with Crippen LogP contribution in [0.25, 0.3) is 0 Å². The second kappa shape index (κ2) is 49.8. The molecule has 0 fully saturated rings. The molecule has 0 aromatic carbocycles. The van der Waals surface area contributed by atoms with Crippen LogP contribution in [0.15, 0.2) is 60.8 Å². The predicted octanol–water partition coefficient (Wildman–Crippen LogP) is 16.9. The first kappa shape index (κ1) is 58.1. The lowest BCUT2D eigenvalue weighted by Gasteiger charge is -2.18. The van der Waals surface area contributed by atoms with Crippen molar-refractivity contribution in [3.05, 3.63) is 60.8 Å². The Hall–Kier alpha value is -2.89. The van der Waals surface area contributed by atoms with E-state index in [9.17, 15) is 14.4 Å². The fourth-order valence-corrected chi connectivity index (χ4v) is 7.09. The first-order chi connectivity index (χ1) is 30.0. The molecule has 0 spiro atoms. The smallest absolute Gasteiger partial charge is 0.306 e. The van der Waals surface area contributed by atoms with E-state index in [1.165, 1.54) is 96.3 Å². The van der Waals surface area contributed by atoms with Gasteiger partial charge in [0.05, 0.1) is 0 Å². The lowest BCUT2D eigenvalue weighted by molar-refractivity contribution is -0.167. The molecule has 1 atom stereocenters. The van der Waals surface area contributed by atoms with Crippen LogP contribution in [0.1, 0.15) is 252 Å². The van der Waals surface area contributed by atoms with E-state index in [4.69, 9.17) is 14.2 Å². The highest BCUT2D eigenvalue weighted by molar-refractivity contribution is 5.71. The highest BCUT2D eigenvalue weighted by atomic mass is 16.6. The molecule has 0 N–H and O–H groups in total. The van der Waals surface area contributed by atoms with E-state index < -0.39 is 6.10 Å². The number of carbonyl (C=O) groups is 3. The van der Waals surface area contributed by atoms with Gasteiger partial charge < -0.3 is 14.2 Å². The van der Waals surface area contributed by atoms with E-state index in [0.717, 1.165) is 116 Å². The van der Waals surface area contributed by atoms with Crippen LogP contribution in [0, 0.1) is 0 Å². The van der Waals surface area contributed by atoms with Crippen molar-refractivity contribution < 1.29 is 28.6 Å². The van der Waals surface area contributed by atoms with E-state index in [1.807, 2.05) is 0 Å². The lowest BCUT2D eigenvalue weighted by atomic mass is 10.1. The first-order valence-electron chi connectivity index (χ1n) is 25.8. The van der Waals surface area contributed by atoms with E-state index in [1.54, 1.807) is 0 Å². The first-order valence-corrected chi connectivity index (χ1v) is 25.8.